The highest BCUT2D eigenvalue weighted by atomic mass is 35.5. The minimum absolute atomic E-state index is 0.263. The van der Waals surface area contributed by atoms with E-state index >= 15 is 0 Å². The third-order valence-corrected chi connectivity index (χ3v) is 6.79. The Morgan fingerprint density at radius 1 is 0.794 bits per heavy atom. The monoisotopic (exact) mass is 489 g/mol. The summed E-state index contributed by atoms with van der Waals surface area (Å²) in [4.78, 5) is 39.0. The van der Waals surface area contributed by atoms with Gasteiger partial charge in [-0.2, -0.15) is 0 Å². The van der Waals surface area contributed by atoms with Crippen LogP contribution >= 0.6 is 23.2 Å². The molecular weight excluding hydrogens is 473 g/mol. The molecule has 0 radical (unpaired) electrons. The molecule has 2 aliphatic rings. The molecule has 0 N–H and O–H groups in total. The zero-order chi connectivity index (χ0) is 23.4. The SMILES string of the molecule is O=C1C2ON(c3ccccc3)C(c3cc4ccccc4nc3Cl)C2C(=O)N1c1ccc(Cl)cc1. The van der Waals surface area contributed by atoms with Crippen molar-refractivity contribution in [3.8, 4) is 0 Å². The van der Waals surface area contributed by atoms with Crippen LogP contribution in [-0.2, 0) is 14.4 Å². The molecule has 34 heavy (non-hydrogen) atoms. The molecule has 3 heterocycles. The van der Waals surface area contributed by atoms with Gasteiger partial charge >= 0.3 is 0 Å². The number of benzene rings is 3. The van der Waals surface area contributed by atoms with Gasteiger partial charge in [0.25, 0.3) is 5.91 Å². The van der Waals surface area contributed by atoms with Crippen molar-refractivity contribution in [3.63, 3.8) is 0 Å². The van der Waals surface area contributed by atoms with Crippen LogP contribution in [0.1, 0.15) is 11.6 Å². The maximum Gasteiger partial charge on any atom is 0.266 e. The number of amides is 2. The molecule has 3 aromatic carbocycles. The fourth-order valence-electron chi connectivity index (χ4n) is 4.69. The fourth-order valence-corrected chi connectivity index (χ4v) is 5.07. The Labute approximate surface area is 205 Å². The first-order valence-electron chi connectivity index (χ1n) is 10.7. The third-order valence-electron chi connectivity index (χ3n) is 6.23. The molecule has 1 aromatic heterocycles. The van der Waals surface area contributed by atoms with E-state index in [1.807, 2.05) is 60.7 Å². The number of imide groups is 1. The average molecular weight is 490 g/mol. The second kappa shape index (κ2) is 8.09. The standard InChI is InChI=1S/C26H17Cl2N3O3/c27-16-10-12-17(13-11-16)30-25(32)21-22(19-14-15-6-4-5-9-20(15)29-24(19)28)31(34-23(21)26(30)33)18-7-2-1-3-8-18/h1-14,21-23H. The first-order valence-corrected chi connectivity index (χ1v) is 11.5. The van der Waals surface area contributed by atoms with Gasteiger partial charge in [0, 0.05) is 16.0 Å². The van der Waals surface area contributed by atoms with Crippen LogP contribution < -0.4 is 9.96 Å². The van der Waals surface area contributed by atoms with Gasteiger partial charge in [0.15, 0.2) is 6.10 Å². The third kappa shape index (κ3) is 3.26. The van der Waals surface area contributed by atoms with Gasteiger partial charge in [-0.15, -0.1) is 0 Å². The number of anilines is 2. The Hall–Kier alpha value is -3.45. The predicted molar refractivity (Wildman–Crippen MR) is 131 cm³/mol. The molecule has 2 amide bonds. The maximum atomic E-state index is 13.7. The Morgan fingerprint density at radius 2 is 1.50 bits per heavy atom. The smallest absolute Gasteiger partial charge is 0.266 e. The molecule has 2 saturated heterocycles. The first kappa shape index (κ1) is 21.1. The zero-order valence-electron chi connectivity index (χ0n) is 17.6. The quantitative estimate of drug-likeness (QED) is 0.277. The number of halogens is 2. The van der Waals surface area contributed by atoms with Crippen LogP contribution in [0.5, 0.6) is 0 Å². The van der Waals surface area contributed by atoms with E-state index in [9.17, 15) is 9.59 Å². The van der Waals surface area contributed by atoms with Gasteiger partial charge in [0.1, 0.15) is 11.1 Å². The Morgan fingerprint density at radius 3 is 2.26 bits per heavy atom. The highest BCUT2D eigenvalue weighted by Crippen LogP contribution is 2.49. The van der Waals surface area contributed by atoms with Crippen molar-refractivity contribution >= 4 is 57.3 Å². The minimum Gasteiger partial charge on any atom is -0.273 e. The Balaban J connectivity index is 1.49. The van der Waals surface area contributed by atoms with Crippen LogP contribution in [0, 0.1) is 5.92 Å². The molecule has 6 nitrogen and oxygen atoms in total. The number of pyridine rings is 1. The molecule has 2 fully saturated rings. The van der Waals surface area contributed by atoms with Crippen LogP contribution in [0.2, 0.25) is 10.2 Å². The molecule has 2 aliphatic heterocycles. The van der Waals surface area contributed by atoms with E-state index in [-0.39, 0.29) is 11.1 Å². The molecule has 3 atom stereocenters. The summed E-state index contributed by atoms with van der Waals surface area (Å²) < 4.78 is 0. The van der Waals surface area contributed by atoms with E-state index in [1.165, 1.54) is 4.90 Å². The summed E-state index contributed by atoms with van der Waals surface area (Å²) in [5.74, 6) is -1.58. The molecule has 0 bridgehead atoms. The summed E-state index contributed by atoms with van der Waals surface area (Å²) in [5, 5.41) is 3.27. The van der Waals surface area contributed by atoms with Gasteiger partial charge in [0.05, 0.1) is 22.9 Å². The van der Waals surface area contributed by atoms with E-state index in [0.717, 1.165) is 10.9 Å². The van der Waals surface area contributed by atoms with Crippen LogP contribution in [0.3, 0.4) is 0 Å². The number of para-hydroxylation sites is 2. The van der Waals surface area contributed by atoms with Crippen molar-refractivity contribution in [2.45, 2.75) is 12.1 Å². The lowest BCUT2D eigenvalue weighted by atomic mass is 9.90. The molecule has 6 rings (SSSR count). The van der Waals surface area contributed by atoms with Gasteiger partial charge in [0.2, 0.25) is 5.91 Å². The predicted octanol–water partition coefficient (Wildman–Crippen LogP) is 5.59. The second-order valence-corrected chi connectivity index (χ2v) is 9.00. The minimum atomic E-state index is -0.990. The largest absolute Gasteiger partial charge is 0.273 e. The van der Waals surface area contributed by atoms with Crippen molar-refractivity contribution in [2.24, 2.45) is 5.92 Å². The number of hydrogen-bond donors (Lipinski definition) is 0. The van der Waals surface area contributed by atoms with Gasteiger partial charge in [-0.1, -0.05) is 59.6 Å². The summed E-state index contributed by atoms with van der Waals surface area (Å²) in [6.45, 7) is 0. The van der Waals surface area contributed by atoms with E-state index < -0.39 is 24.0 Å². The fraction of sp³-hybridized carbons (Fsp3) is 0.115. The summed E-state index contributed by atoms with van der Waals surface area (Å²) in [6, 6.07) is 24.8. The summed E-state index contributed by atoms with van der Waals surface area (Å²) in [5.41, 5.74) is 2.53. The lowest BCUT2D eigenvalue weighted by Gasteiger charge is -2.29. The number of nitrogens with zero attached hydrogens (tertiary/aromatic N) is 3. The van der Waals surface area contributed by atoms with Crippen molar-refractivity contribution in [2.75, 3.05) is 9.96 Å². The number of rotatable bonds is 3. The van der Waals surface area contributed by atoms with E-state index in [4.69, 9.17) is 28.0 Å². The van der Waals surface area contributed by atoms with Gasteiger partial charge < -0.3 is 0 Å². The number of fused-ring (bicyclic) bond motifs is 2. The number of aromatic nitrogens is 1. The normalized spacial score (nSPS) is 22.0. The number of hydroxylamine groups is 1. The highest BCUT2D eigenvalue weighted by molar-refractivity contribution is 6.31. The number of carbonyl (C=O) groups is 2. The van der Waals surface area contributed by atoms with Crippen molar-refractivity contribution in [1.82, 2.24) is 4.98 Å². The molecule has 3 unspecified atom stereocenters. The molecule has 0 aliphatic carbocycles. The summed E-state index contributed by atoms with van der Waals surface area (Å²) >= 11 is 12.7. The van der Waals surface area contributed by atoms with Gasteiger partial charge in [-0.3, -0.25) is 14.4 Å². The van der Waals surface area contributed by atoms with Crippen LogP contribution in [0.4, 0.5) is 11.4 Å². The van der Waals surface area contributed by atoms with Crippen molar-refractivity contribution < 1.29 is 14.4 Å². The van der Waals surface area contributed by atoms with Crippen LogP contribution in [0.15, 0.2) is 84.9 Å². The average Bonchev–Trinajstić information content (AvgIpc) is 3.36. The first-order chi connectivity index (χ1) is 16.5. The second-order valence-electron chi connectivity index (χ2n) is 8.21. The molecule has 0 spiro atoms. The lowest BCUT2D eigenvalue weighted by molar-refractivity contribution is -0.126. The van der Waals surface area contributed by atoms with E-state index in [0.29, 0.717) is 22.0 Å². The van der Waals surface area contributed by atoms with E-state index in [2.05, 4.69) is 4.98 Å². The van der Waals surface area contributed by atoms with Crippen LogP contribution in [-0.4, -0.2) is 22.9 Å². The maximum absolute atomic E-state index is 13.7. The van der Waals surface area contributed by atoms with Crippen molar-refractivity contribution in [3.05, 3.63) is 101 Å². The summed E-state index contributed by atoms with van der Waals surface area (Å²) in [6.07, 6.45) is -0.990. The lowest BCUT2D eigenvalue weighted by Crippen LogP contribution is -2.37. The number of hydrogen-bond acceptors (Lipinski definition) is 5. The molecular formula is C26H17Cl2N3O3. The van der Waals surface area contributed by atoms with Gasteiger partial charge in [-0.05, 0) is 48.5 Å². The molecule has 168 valence electrons. The molecule has 8 heteroatoms. The summed E-state index contributed by atoms with van der Waals surface area (Å²) in [7, 11) is 0. The zero-order valence-corrected chi connectivity index (χ0v) is 19.1. The molecule has 0 saturated carbocycles. The Kier molecular flexibility index (Phi) is 5.03. The van der Waals surface area contributed by atoms with Gasteiger partial charge in [-0.25, -0.2) is 14.9 Å². The van der Waals surface area contributed by atoms with Crippen molar-refractivity contribution in [1.29, 1.82) is 0 Å². The van der Waals surface area contributed by atoms with Crippen LogP contribution in [0.25, 0.3) is 10.9 Å². The van der Waals surface area contributed by atoms with E-state index in [1.54, 1.807) is 29.3 Å². The highest BCUT2D eigenvalue weighted by Gasteiger charge is 2.60. The topological polar surface area (TPSA) is 62.7 Å². The Bertz CT molecular complexity index is 1430. The molecule has 4 aromatic rings. The number of carbonyl (C=O) groups excluding carboxylic acids is 2.